The summed E-state index contributed by atoms with van der Waals surface area (Å²) in [6, 6.07) is 0. The van der Waals surface area contributed by atoms with E-state index in [0.717, 1.165) is 31.7 Å². The molecular weight excluding hydrogens is 280 g/mol. The summed E-state index contributed by atoms with van der Waals surface area (Å²) in [6.07, 6.45) is 4.55. The van der Waals surface area contributed by atoms with E-state index in [-0.39, 0.29) is 5.91 Å². The molecule has 2 aromatic heterocycles. The number of aromatic amines is 1. The van der Waals surface area contributed by atoms with Crippen LogP contribution in [0, 0.1) is 6.92 Å². The van der Waals surface area contributed by atoms with Gasteiger partial charge in [0.15, 0.2) is 0 Å². The van der Waals surface area contributed by atoms with Gasteiger partial charge in [0, 0.05) is 33.1 Å². The lowest BCUT2D eigenvalue weighted by Crippen LogP contribution is -2.23. The lowest BCUT2D eigenvalue weighted by Gasteiger charge is -2.17. The summed E-state index contributed by atoms with van der Waals surface area (Å²) in [6.45, 7) is 4.93. The third-order valence-electron chi connectivity index (χ3n) is 4.46. The summed E-state index contributed by atoms with van der Waals surface area (Å²) in [5, 5.41) is 14.0. The number of aryl methyl sites for hydroxylation is 2. The first-order valence-electron chi connectivity index (χ1n) is 7.55. The van der Waals surface area contributed by atoms with E-state index in [1.165, 1.54) is 11.3 Å². The third kappa shape index (κ3) is 2.64. The van der Waals surface area contributed by atoms with Crippen LogP contribution in [0.2, 0.25) is 0 Å². The van der Waals surface area contributed by atoms with E-state index in [1.54, 1.807) is 13.2 Å². The van der Waals surface area contributed by atoms with E-state index in [0.29, 0.717) is 11.5 Å². The van der Waals surface area contributed by atoms with Gasteiger partial charge in [-0.2, -0.15) is 10.2 Å². The fourth-order valence-electron chi connectivity index (χ4n) is 3.15. The third-order valence-corrected chi connectivity index (χ3v) is 4.46. The Hall–Kier alpha value is -2.15. The van der Waals surface area contributed by atoms with Crippen molar-refractivity contribution in [2.24, 2.45) is 7.05 Å². The number of nitrogens with zero attached hydrogens (tertiary/aromatic N) is 4. The number of aromatic nitrogens is 4. The lowest BCUT2D eigenvalue weighted by molar-refractivity contribution is 0.0961. The Bertz CT molecular complexity index is 654. The van der Waals surface area contributed by atoms with Gasteiger partial charge in [0.1, 0.15) is 0 Å². The van der Waals surface area contributed by atoms with Gasteiger partial charge >= 0.3 is 0 Å². The van der Waals surface area contributed by atoms with Gasteiger partial charge in [-0.15, -0.1) is 0 Å². The molecule has 0 radical (unpaired) electrons. The highest BCUT2D eigenvalue weighted by atomic mass is 16.1. The van der Waals surface area contributed by atoms with Gasteiger partial charge in [0.25, 0.3) is 5.91 Å². The highest BCUT2D eigenvalue weighted by Gasteiger charge is 2.29. The van der Waals surface area contributed by atoms with Crippen molar-refractivity contribution in [1.82, 2.24) is 30.2 Å². The molecule has 118 valence electrons. The number of H-pyrrole nitrogens is 1. The molecule has 0 aromatic carbocycles. The SMILES string of the molecule is CNC(=O)c1cn[nH]c1C1CCN(Cc2c(C)cnn2C)C1. The van der Waals surface area contributed by atoms with Gasteiger partial charge in [0.05, 0.1) is 29.3 Å². The molecule has 3 rings (SSSR count). The first-order valence-corrected chi connectivity index (χ1v) is 7.55. The summed E-state index contributed by atoms with van der Waals surface area (Å²) in [7, 11) is 3.62. The van der Waals surface area contributed by atoms with Crippen molar-refractivity contribution in [3.8, 4) is 0 Å². The Morgan fingerprint density at radius 3 is 3.00 bits per heavy atom. The van der Waals surface area contributed by atoms with Crippen molar-refractivity contribution in [3.05, 3.63) is 34.9 Å². The zero-order valence-electron chi connectivity index (χ0n) is 13.3. The summed E-state index contributed by atoms with van der Waals surface area (Å²) in [5.74, 6) is 0.244. The van der Waals surface area contributed by atoms with Crippen LogP contribution in [0.25, 0.3) is 0 Å². The van der Waals surface area contributed by atoms with E-state index < -0.39 is 0 Å². The Kier molecular flexibility index (Phi) is 3.98. The molecule has 7 heteroatoms. The van der Waals surface area contributed by atoms with E-state index in [4.69, 9.17) is 0 Å². The van der Waals surface area contributed by atoms with Crippen molar-refractivity contribution >= 4 is 5.91 Å². The molecule has 1 aliphatic heterocycles. The normalized spacial score (nSPS) is 18.8. The largest absolute Gasteiger partial charge is 0.355 e. The van der Waals surface area contributed by atoms with Gasteiger partial charge in [-0.05, 0) is 25.5 Å². The molecule has 1 atom stereocenters. The zero-order valence-corrected chi connectivity index (χ0v) is 13.3. The molecule has 1 aliphatic rings. The van der Waals surface area contributed by atoms with Crippen molar-refractivity contribution in [2.75, 3.05) is 20.1 Å². The van der Waals surface area contributed by atoms with Crippen LogP contribution < -0.4 is 5.32 Å². The van der Waals surface area contributed by atoms with Gasteiger partial charge in [-0.1, -0.05) is 0 Å². The molecule has 1 fully saturated rings. The Labute approximate surface area is 129 Å². The monoisotopic (exact) mass is 302 g/mol. The van der Waals surface area contributed by atoms with Crippen molar-refractivity contribution in [2.45, 2.75) is 25.8 Å². The van der Waals surface area contributed by atoms with Crippen LogP contribution >= 0.6 is 0 Å². The van der Waals surface area contributed by atoms with Crippen LogP contribution in [0.4, 0.5) is 0 Å². The van der Waals surface area contributed by atoms with E-state index in [9.17, 15) is 4.79 Å². The van der Waals surface area contributed by atoms with E-state index in [1.807, 2.05) is 17.9 Å². The first-order chi connectivity index (χ1) is 10.6. The van der Waals surface area contributed by atoms with E-state index >= 15 is 0 Å². The summed E-state index contributed by atoms with van der Waals surface area (Å²) in [5.41, 5.74) is 4.07. The fraction of sp³-hybridized carbons (Fsp3) is 0.533. The molecule has 0 aliphatic carbocycles. The summed E-state index contributed by atoms with van der Waals surface area (Å²) in [4.78, 5) is 14.3. The van der Waals surface area contributed by atoms with Crippen LogP contribution in [0.5, 0.6) is 0 Å². The first kappa shape index (κ1) is 14.8. The van der Waals surface area contributed by atoms with Gasteiger partial charge in [-0.25, -0.2) is 0 Å². The van der Waals surface area contributed by atoms with Crippen LogP contribution in [0.15, 0.2) is 12.4 Å². The van der Waals surface area contributed by atoms with Crippen LogP contribution in [0.3, 0.4) is 0 Å². The Balaban J connectivity index is 1.70. The molecule has 2 aromatic rings. The number of rotatable bonds is 4. The van der Waals surface area contributed by atoms with E-state index in [2.05, 4.69) is 32.4 Å². The molecule has 2 N–H and O–H groups in total. The molecule has 7 nitrogen and oxygen atoms in total. The molecule has 1 unspecified atom stereocenters. The number of nitrogens with one attached hydrogen (secondary N) is 2. The van der Waals surface area contributed by atoms with Gasteiger partial charge in [0.2, 0.25) is 0 Å². The molecular formula is C15H22N6O. The van der Waals surface area contributed by atoms with Crippen molar-refractivity contribution in [1.29, 1.82) is 0 Å². The molecule has 1 saturated heterocycles. The fourth-order valence-corrected chi connectivity index (χ4v) is 3.15. The number of hydrogen-bond donors (Lipinski definition) is 2. The van der Waals surface area contributed by atoms with Crippen LogP contribution in [0.1, 0.15) is 39.6 Å². The van der Waals surface area contributed by atoms with Crippen LogP contribution in [-0.4, -0.2) is 50.9 Å². The topological polar surface area (TPSA) is 78.8 Å². The molecule has 0 saturated carbocycles. The average Bonchev–Trinajstić information content (AvgIpc) is 3.22. The molecule has 22 heavy (non-hydrogen) atoms. The predicted molar refractivity (Wildman–Crippen MR) is 82.6 cm³/mol. The molecule has 0 spiro atoms. The zero-order chi connectivity index (χ0) is 15.7. The highest BCUT2D eigenvalue weighted by Crippen LogP contribution is 2.29. The second kappa shape index (κ2) is 5.92. The number of amides is 1. The standard InChI is InChI=1S/C15H22N6O/c1-10-6-18-20(3)13(10)9-21-5-4-11(8-21)14-12(7-17-19-14)15(22)16-2/h6-7,11H,4-5,8-9H2,1-3H3,(H,16,22)(H,17,19). The van der Waals surface area contributed by atoms with Gasteiger partial charge in [-0.3, -0.25) is 19.5 Å². The molecule has 3 heterocycles. The summed E-state index contributed by atoms with van der Waals surface area (Å²) >= 11 is 0. The quantitative estimate of drug-likeness (QED) is 0.875. The lowest BCUT2D eigenvalue weighted by atomic mass is 10.0. The summed E-state index contributed by atoms with van der Waals surface area (Å²) < 4.78 is 1.94. The average molecular weight is 302 g/mol. The number of carbonyl (C=O) groups is 1. The second-order valence-electron chi connectivity index (χ2n) is 5.90. The highest BCUT2D eigenvalue weighted by molar-refractivity contribution is 5.95. The smallest absolute Gasteiger partial charge is 0.254 e. The predicted octanol–water partition coefficient (Wildman–Crippen LogP) is 0.801. The minimum atomic E-state index is -0.0790. The number of hydrogen-bond acceptors (Lipinski definition) is 4. The maximum absolute atomic E-state index is 11.9. The minimum Gasteiger partial charge on any atom is -0.355 e. The van der Waals surface area contributed by atoms with Crippen molar-refractivity contribution in [3.63, 3.8) is 0 Å². The second-order valence-corrected chi connectivity index (χ2v) is 5.90. The van der Waals surface area contributed by atoms with Crippen molar-refractivity contribution < 1.29 is 4.79 Å². The number of carbonyl (C=O) groups excluding carboxylic acids is 1. The van der Waals surface area contributed by atoms with Gasteiger partial charge < -0.3 is 5.32 Å². The maximum atomic E-state index is 11.9. The number of likely N-dealkylation sites (tertiary alicyclic amines) is 1. The maximum Gasteiger partial charge on any atom is 0.254 e. The molecule has 1 amide bonds. The molecule has 0 bridgehead atoms. The minimum absolute atomic E-state index is 0.0790. The Morgan fingerprint density at radius 2 is 2.32 bits per heavy atom. The van der Waals surface area contributed by atoms with Crippen LogP contribution in [-0.2, 0) is 13.6 Å². The Morgan fingerprint density at radius 1 is 1.50 bits per heavy atom.